The van der Waals surface area contributed by atoms with Gasteiger partial charge >= 0.3 is 0 Å². The minimum atomic E-state index is 0.668. The van der Waals surface area contributed by atoms with Crippen molar-refractivity contribution in [1.29, 1.82) is 0 Å². The molecule has 2 heteroatoms. The summed E-state index contributed by atoms with van der Waals surface area (Å²) in [6.45, 7) is 1.85. The summed E-state index contributed by atoms with van der Waals surface area (Å²) >= 11 is 0. The molecule has 2 fully saturated rings. The van der Waals surface area contributed by atoms with E-state index in [1.54, 1.807) is 0 Å². The summed E-state index contributed by atoms with van der Waals surface area (Å²) in [6.07, 6.45) is 6.46. The molecule has 2 aliphatic carbocycles. The molecule has 0 aromatic heterocycles. The predicted octanol–water partition coefficient (Wildman–Crippen LogP) is 1.06. The minimum Gasteiger partial charge on any atom is -0.302 e. The van der Waals surface area contributed by atoms with Crippen molar-refractivity contribution >= 4 is 6.29 Å². The van der Waals surface area contributed by atoms with Gasteiger partial charge in [0.05, 0.1) is 6.54 Å². The van der Waals surface area contributed by atoms with Crippen molar-refractivity contribution in [3.05, 3.63) is 0 Å². The molecule has 0 aliphatic heterocycles. The fraction of sp³-hybridized carbons (Fsp3) is 0.889. The van der Waals surface area contributed by atoms with Gasteiger partial charge in [0, 0.05) is 12.6 Å². The van der Waals surface area contributed by atoms with Crippen LogP contribution < -0.4 is 0 Å². The Morgan fingerprint density at radius 1 is 1.27 bits per heavy atom. The van der Waals surface area contributed by atoms with Crippen molar-refractivity contribution in [1.82, 2.24) is 4.90 Å². The highest BCUT2D eigenvalue weighted by Crippen LogP contribution is 2.34. The van der Waals surface area contributed by atoms with Gasteiger partial charge in [-0.15, -0.1) is 0 Å². The quantitative estimate of drug-likeness (QED) is 0.550. The minimum absolute atomic E-state index is 0.668. The third-order valence-corrected chi connectivity index (χ3v) is 2.56. The van der Waals surface area contributed by atoms with Gasteiger partial charge in [-0.05, 0) is 31.6 Å². The molecule has 0 saturated heterocycles. The molecule has 0 unspecified atom stereocenters. The third kappa shape index (κ3) is 2.03. The van der Waals surface area contributed by atoms with Crippen LogP contribution in [0.25, 0.3) is 0 Å². The predicted molar refractivity (Wildman–Crippen MR) is 43.4 cm³/mol. The molecule has 0 aromatic carbocycles. The maximum Gasteiger partial charge on any atom is 0.133 e. The Labute approximate surface area is 67.6 Å². The topological polar surface area (TPSA) is 20.3 Å². The van der Waals surface area contributed by atoms with Crippen LogP contribution in [0.5, 0.6) is 0 Å². The van der Waals surface area contributed by atoms with Gasteiger partial charge in [0.15, 0.2) is 0 Å². The highest BCUT2D eigenvalue weighted by molar-refractivity contribution is 5.52. The van der Waals surface area contributed by atoms with Crippen molar-refractivity contribution in [2.75, 3.05) is 13.1 Å². The summed E-state index contributed by atoms with van der Waals surface area (Å²) in [5.41, 5.74) is 0. The average molecular weight is 153 g/mol. The fourth-order valence-electron chi connectivity index (χ4n) is 1.54. The van der Waals surface area contributed by atoms with Crippen LogP contribution in [0.3, 0.4) is 0 Å². The Morgan fingerprint density at radius 3 is 2.45 bits per heavy atom. The number of hydrogen-bond acceptors (Lipinski definition) is 2. The second-order valence-corrected chi connectivity index (χ2v) is 3.80. The average Bonchev–Trinajstić information content (AvgIpc) is 2.84. The lowest BCUT2D eigenvalue weighted by molar-refractivity contribution is -0.109. The van der Waals surface area contributed by atoms with E-state index in [1.807, 2.05) is 0 Å². The summed E-state index contributed by atoms with van der Waals surface area (Å²) in [6, 6.07) is 0.765. The zero-order chi connectivity index (χ0) is 7.68. The molecule has 2 nitrogen and oxygen atoms in total. The maximum absolute atomic E-state index is 10.3. The van der Waals surface area contributed by atoms with E-state index in [9.17, 15) is 4.79 Å². The molecule has 0 N–H and O–H groups in total. The first-order valence-electron chi connectivity index (χ1n) is 4.58. The Kier molecular flexibility index (Phi) is 1.95. The first-order chi connectivity index (χ1) is 5.40. The Morgan fingerprint density at radius 2 is 2.00 bits per heavy atom. The van der Waals surface area contributed by atoms with Gasteiger partial charge in [0.1, 0.15) is 6.29 Å². The van der Waals surface area contributed by atoms with Crippen molar-refractivity contribution in [3.63, 3.8) is 0 Å². The zero-order valence-corrected chi connectivity index (χ0v) is 6.83. The number of hydrogen-bond donors (Lipinski definition) is 0. The number of carbonyl (C=O) groups is 1. The summed E-state index contributed by atoms with van der Waals surface area (Å²) in [7, 11) is 0. The summed E-state index contributed by atoms with van der Waals surface area (Å²) < 4.78 is 0. The molecular formula is C9H15NO. The summed E-state index contributed by atoms with van der Waals surface area (Å²) in [5, 5.41) is 0. The van der Waals surface area contributed by atoms with E-state index in [4.69, 9.17) is 0 Å². The Balaban J connectivity index is 1.76. The molecule has 0 amide bonds. The Bertz CT molecular complexity index is 150. The molecule has 2 aliphatic rings. The van der Waals surface area contributed by atoms with Crippen LogP contribution >= 0.6 is 0 Å². The van der Waals surface area contributed by atoms with Gasteiger partial charge in [-0.1, -0.05) is 0 Å². The molecule has 0 heterocycles. The van der Waals surface area contributed by atoms with Crippen LogP contribution in [0.2, 0.25) is 0 Å². The van der Waals surface area contributed by atoms with Crippen molar-refractivity contribution in [3.8, 4) is 0 Å². The lowest BCUT2D eigenvalue weighted by Gasteiger charge is -2.17. The monoisotopic (exact) mass is 153 g/mol. The van der Waals surface area contributed by atoms with Gasteiger partial charge in [-0.3, -0.25) is 4.90 Å². The lowest BCUT2D eigenvalue weighted by Crippen LogP contribution is -2.30. The smallest absolute Gasteiger partial charge is 0.133 e. The number of rotatable bonds is 5. The molecule has 62 valence electrons. The van der Waals surface area contributed by atoms with E-state index in [1.165, 1.54) is 32.2 Å². The molecular weight excluding hydrogens is 138 g/mol. The SMILES string of the molecule is O=CCN(CC1CC1)C1CC1. The van der Waals surface area contributed by atoms with Gasteiger partial charge in [0.2, 0.25) is 0 Å². The van der Waals surface area contributed by atoms with Gasteiger partial charge in [0.25, 0.3) is 0 Å². The molecule has 2 saturated carbocycles. The van der Waals surface area contributed by atoms with Crippen LogP contribution in [-0.4, -0.2) is 30.3 Å². The molecule has 11 heavy (non-hydrogen) atoms. The molecule has 0 bridgehead atoms. The van der Waals surface area contributed by atoms with Gasteiger partial charge in [-0.2, -0.15) is 0 Å². The number of nitrogens with zero attached hydrogens (tertiary/aromatic N) is 1. The highest BCUT2D eigenvalue weighted by atomic mass is 16.1. The van der Waals surface area contributed by atoms with E-state index in [0.29, 0.717) is 6.54 Å². The van der Waals surface area contributed by atoms with Crippen LogP contribution in [0.4, 0.5) is 0 Å². The Hall–Kier alpha value is -0.370. The first kappa shape index (κ1) is 7.29. The van der Waals surface area contributed by atoms with Crippen molar-refractivity contribution in [2.24, 2.45) is 5.92 Å². The first-order valence-corrected chi connectivity index (χ1v) is 4.58. The largest absolute Gasteiger partial charge is 0.302 e. The van der Waals surface area contributed by atoms with E-state index in [2.05, 4.69) is 4.90 Å². The van der Waals surface area contributed by atoms with Crippen molar-refractivity contribution < 1.29 is 4.79 Å². The van der Waals surface area contributed by atoms with Crippen molar-refractivity contribution in [2.45, 2.75) is 31.7 Å². The van der Waals surface area contributed by atoms with Crippen LogP contribution in [0, 0.1) is 5.92 Å². The molecule has 0 aromatic rings. The second-order valence-electron chi connectivity index (χ2n) is 3.80. The number of aldehydes is 1. The molecule has 2 rings (SSSR count). The standard InChI is InChI=1S/C9H15NO/c11-6-5-10(9-3-4-9)7-8-1-2-8/h6,8-9H,1-5,7H2. The van der Waals surface area contributed by atoms with Gasteiger partial charge in [-0.25, -0.2) is 0 Å². The van der Waals surface area contributed by atoms with E-state index in [-0.39, 0.29) is 0 Å². The second kappa shape index (κ2) is 2.94. The maximum atomic E-state index is 10.3. The highest BCUT2D eigenvalue weighted by Gasteiger charge is 2.32. The third-order valence-electron chi connectivity index (χ3n) is 2.56. The van der Waals surface area contributed by atoms with Gasteiger partial charge < -0.3 is 4.79 Å². The van der Waals surface area contributed by atoms with E-state index < -0.39 is 0 Å². The van der Waals surface area contributed by atoms with E-state index in [0.717, 1.165) is 18.2 Å². The summed E-state index contributed by atoms with van der Waals surface area (Å²) in [5.74, 6) is 0.926. The number of carbonyl (C=O) groups excluding carboxylic acids is 1. The lowest BCUT2D eigenvalue weighted by atomic mass is 10.3. The van der Waals surface area contributed by atoms with Crippen LogP contribution in [0.1, 0.15) is 25.7 Å². The fourth-order valence-corrected chi connectivity index (χ4v) is 1.54. The van der Waals surface area contributed by atoms with E-state index >= 15 is 0 Å². The van der Waals surface area contributed by atoms with Crippen LogP contribution in [-0.2, 0) is 4.79 Å². The molecule has 0 radical (unpaired) electrons. The normalized spacial score (nSPS) is 24.1. The molecule has 0 spiro atoms. The molecule has 0 atom stereocenters. The zero-order valence-electron chi connectivity index (χ0n) is 6.83. The summed E-state index contributed by atoms with van der Waals surface area (Å²) in [4.78, 5) is 12.7. The van der Waals surface area contributed by atoms with Crippen LogP contribution in [0.15, 0.2) is 0 Å².